The van der Waals surface area contributed by atoms with E-state index in [1.807, 2.05) is 13.8 Å². The van der Waals surface area contributed by atoms with Crippen LogP contribution in [0.2, 0.25) is 0 Å². The van der Waals surface area contributed by atoms with Gasteiger partial charge in [0.15, 0.2) is 0 Å². The van der Waals surface area contributed by atoms with Gasteiger partial charge >= 0.3 is 0 Å². The summed E-state index contributed by atoms with van der Waals surface area (Å²) < 4.78 is 25.4. The van der Waals surface area contributed by atoms with Gasteiger partial charge in [-0.25, -0.2) is 12.7 Å². The van der Waals surface area contributed by atoms with Gasteiger partial charge < -0.3 is 0 Å². The van der Waals surface area contributed by atoms with E-state index in [0.717, 1.165) is 0 Å². The normalized spacial score (nSPS) is 24.0. The van der Waals surface area contributed by atoms with Crippen LogP contribution in [0.15, 0.2) is 0 Å². The summed E-state index contributed by atoms with van der Waals surface area (Å²) >= 11 is 0. The van der Waals surface area contributed by atoms with Crippen LogP contribution in [0, 0.1) is 11.8 Å². The summed E-state index contributed by atoms with van der Waals surface area (Å²) in [6.45, 7) is 6.55. The Morgan fingerprint density at radius 3 is 2.56 bits per heavy atom. The molecule has 0 aromatic carbocycles. The Morgan fingerprint density at radius 2 is 2.06 bits per heavy atom. The summed E-state index contributed by atoms with van der Waals surface area (Å²) in [6, 6.07) is 0. The van der Waals surface area contributed by atoms with E-state index in [4.69, 9.17) is 0 Å². The van der Waals surface area contributed by atoms with E-state index in [-0.39, 0.29) is 17.5 Å². The summed E-state index contributed by atoms with van der Waals surface area (Å²) in [5.74, 6) is 0.613. The van der Waals surface area contributed by atoms with E-state index in [1.165, 1.54) is 4.31 Å². The maximum atomic E-state index is 12.0. The van der Waals surface area contributed by atoms with Crippen molar-refractivity contribution < 1.29 is 13.2 Å². The second-order valence-corrected chi connectivity index (χ2v) is 7.06. The number of piperidine rings is 1. The van der Waals surface area contributed by atoms with E-state index in [0.29, 0.717) is 31.8 Å². The van der Waals surface area contributed by atoms with Crippen molar-refractivity contribution in [2.75, 3.05) is 18.8 Å². The molecule has 1 aliphatic rings. The molecule has 0 spiro atoms. The lowest BCUT2D eigenvalue weighted by molar-refractivity contribution is -0.124. The highest BCUT2D eigenvalue weighted by molar-refractivity contribution is 7.89. The third-order valence-corrected chi connectivity index (χ3v) is 4.85. The van der Waals surface area contributed by atoms with Gasteiger partial charge in [0.25, 0.3) is 0 Å². The quantitative estimate of drug-likeness (QED) is 0.752. The molecule has 16 heavy (non-hydrogen) atoms. The molecule has 1 aliphatic heterocycles. The number of sulfonamides is 1. The van der Waals surface area contributed by atoms with Crippen LogP contribution in [0.25, 0.3) is 0 Å². The Hall–Kier alpha value is -0.420. The van der Waals surface area contributed by atoms with Crippen molar-refractivity contribution in [3.8, 4) is 0 Å². The van der Waals surface area contributed by atoms with Crippen molar-refractivity contribution in [3.63, 3.8) is 0 Å². The van der Waals surface area contributed by atoms with Crippen molar-refractivity contribution in [1.29, 1.82) is 0 Å². The monoisotopic (exact) mass is 247 g/mol. The number of hydrogen-bond donors (Lipinski definition) is 0. The lowest BCUT2D eigenvalue weighted by Crippen LogP contribution is -2.44. The van der Waals surface area contributed by atoms with Crippen LogP contribution in [0.1, 0.15) is 33.6 Å². The van der Waals surface area contributed by atoms with E-state index < -0.39 is 10.0 Å². The molecule has 1 saturated heterocycles. The number of hydrogen-bond acceptors (Lipinski definition) is 3. The molecule has 0 saturated carbocycles. The minimum atomic E-state index is -3.15. The van der Waals surface area contributed by atoms with Gasteiger partial charge in [-0.3, -0.25) is 4.79 Å². The third kappa shape index (κ3) is 3.56. The number of carbonyl (C=O) groups is 1. The molecule has 5 heteroatoms. The van der Waals surface area contributed by atoms with Gasteiger partial charge in [0, 0.05) is 25.4 Å². The van der Waals surface area contributed by atoms with Gasteiger partial charge in [0.05, 0.1) is 5.75 Å². The molecule has 94 valence electrons. The van der Waals surface area contributed by atoms with Crippen LogP contribution in [0.4, 0.5) is 0 Å². The number of carbonyl (C=O) groups excluding carboxylic acids is 1. The molecule has 0 N–H and O–H groups in total. The number of Topliss-reactive ketones (excluding diaryl/α,β-unsaturated/α-hetero) is 1. The Balaban J connectivity index is 2.59. The zero-order chi connectivity index (χ0) is 12.3. The molecular formula is C11H21NO3S. The Kier molecular flexibility index (Phi) is 4.50. The van der Waals surface area contributed by atoms with E-state index >= 15 is 0 Å². The van der Waals surface area contributed by atoms with Gasteiger partial charge in [-0.15, -0.1) is 0 Å². The average molecular weight is 247 g/mol. The number of nitrogens with zero attached hydrogens (tertiary/aromatic N) is 1. The molecule has 1 unspecified atom stereocenters. The first-order chi connectivity index (χ1) is 7.33. The summed E-state index contributed by atoms with van der Waals surface area (Å²) in [6.07, 6.45) is 1.04. The lowest BCUT2D eigenvalue weighted by Gasteiger charge is -2.29. The fraction of sp³-hybridized carbons (Fsp3) is 0.909. The van der Waals surface area contributed by atoms with Crippen LogP contribution in [0.3, 0.4) is 0 Å². The molecular weight excluding hydrogens is 226 g/mol. The van der Waals surface area contributed by atoms with Gasteiger partial charge in [-0.2, -0.15) is 0 Å². The minimum Gasteiger partial charge on any atom is -0.299 e. The van der Waals surface area contributed by atoms with Crippen LogP contribution in [-0.4, -0.2) is 37.3 Å². The highest BCUT2D eigenvalue weighted by Crippen LogP contribution is 2.17. The maximum Gasteiger partial charge on any atom is 0.214 e. The van der Waals surface area contributed by atoms with Crippen LogP contribution in [-0.2, 0) is 14.8 Å². The molecule has 0 radical (unpaired) electrons. The molecule has 0 bridgehead atoms. The predicted octanol–water partition coefficient (Wildman–Crippen LogP) is 1.27. The highest BCUT2D eigenvalue weighted by Gasteiger charge is 2.30. The molecule has 0 amide bonds. The SMILES string of the molecule is CC(C)CCS(=O)(=O)N1CCC(=O)C(C)C1. The molecule has 1 atom stereocenters. The third-order valence-electron chi connectivity index (χ3n) is 2.98. The van der Waals surface area contributed by atoms with Crippen molar-refractivity contribution in [3.05, 3.63) is 0 Å². The summed E-state index contributed by atoms with van der Waals surface area (Å²) in [4.78, 5) is 11.3. The van der Waals surface area contributed by atoms with E-state index in [2.05, 4.69) is 0 Å². The second kappa shape index (κ2) is 5.27. The zero-order valence-electron chi connectivity index (χ0n) is 10.3. The van der Waals surface area contributed by atoms with Crippen molar-refractivity contribution >= 4 is 15.8 Å². The molecule has 1 fully saturated rings. The summed E-state index contributed by atoms with van der Waals surface area (Å²) in [7, 11) is -3.15. The molecule has 0 aromatic heterocycles. The van der Waals surface area contributed by atoms with Crippen LogP contribution in [0.5, 0.6) is 0 Å². The second-order valence-electron chi connectivity index (χ2n) is 4.97. The standard InChI is InChI=1S/C11H21NO3S/c1-9(2)5-7-16(14,15)12-6-4-11(13)10(3)8-12/h9-10H,4-8H2,1-3H3. The smallest absolute Gasteiger partial charge is 0.214 e. The first-order valence-corrected chi connectivity index (χ1v) is 7.44. The summed E-state index contributed by atoms with van der Waals surface area (Å²) in [5, 5.41) is 0. The molecule has 1 heterocycles. The molecule has 4 nitrogen and oxygen atoms in total. The summed E-state index contributed by atoms with van der Waals surface area (Å²) in [5.41, 5.74) is 0. The van der Waals surface area contributed by atoms with Gasteiger partial charge in [-0.1, -0.05) is 20.8 Å². The van der Waals surface area contributed by atoms with Gasteiger partial charge in [0.2, 0.25) is 10.0 Å². The first-order valence-electron chi connectivity index (χ1n) is 5.83. The van der Waals surface area contributed by atoms with E-state index in [9.17, 15) is 13.2 Å². The van der Waals surface area contributed by atoms with Gasteiger partial charge in [-0.05, 0) is 12.3 Å². The Morgan fingerprint density at radius 1 is 1.44 bits per heavy atom. The Bertz CT molecular complexity index is 348. The van der Waals surface area contributed by atoms with Crippen molar-refractivity contribution in [2.45, 2.75) is 33.6 Å². The fourth-order valence-corrected chi connectivity index (χ4v) is 3.59. The average Bonchev–Trinajstić information content (AvgIpc) is 2.19. The zero-order valence-corrected chi connectivity index (χ0v) is 11.1. The minimum absolute atomic E-state index is 0.150. The van der Waals surface area contributed by atoms with Gasteiger partial charge in [0.1, 0.15) is 5.78 Å². The molecule has 0 aromatic rings. The Labute approximate surface area is 98.1 Å². The topological polar surface area (TPSA) is 54.5 Å². The van der Waals surface area contributed by atoms with E-state index in [1.54, 1.807) is 6.92 Å². The van der Waals surface area contributed by atoms with Crippen molar-refractivity contribution in [1.82, 2.24) is 4.31 Å². The number of ketones is 1. The highest BCUT2D eigenvalue weighted by atomic mass is 32.2. The molecule has 1 rings (SSSR count). The maximum absolute atomic E-state index is 12.0. The lowest BCUT2D eigenvalue weighted by atomic mass is 10.0. The predicted molar refractivity (Wildman–Crippen MR) is 63.6 cm³/mol. The van der Waals surface area contributed by atoms with Crippen molar-refractivity contribution in [2.24, 2.45) is 11.8 Å². The number of rotatable bonds is 4. The largest absolute Gasteiger partial charge is 0.299 e. The molecule has 0 aliphatic carbocycles. The first kappa shape index (κ1) is 13.6. The van der Waals surface area contributed by atoms with Crippen LogP contribution < -0.4 is 0 Å². The van der Waals surface area contributed by atoms with Crippen LogP contribution >= 0.6 is 0 Å². The fourth-order valence-electron chi connectivity index (χ4n) is 1.75.